The van der Waals surface area contributed by atoms with E-state index in [1.165, 1.54) is 0 Å². The molecule has 3 aromatic rings. The Kier molecular flexibility index (Phi) is 5.09. The van der Waals surface area contributed by atoms with Gasteiger partial charge in [0.2, 0.25) is 0 Å². The van der Waals surface area contributed by atoms with Crippen molar-refractivity contribution in [1.29, 1.82) is 0 Å². The van der Waals surface area contributed by atoms with E-state index >= 15 is 0 Å². The van der Waals surface area contributed by atoms with Crippen LogP contribution in [0.4, 0.5) is 5.69 Å². The van der Waals surface area contributed by atoms with E-state index < -0.39 is 0 Å². The Hall–Kier alpha value is -3.15. The monoisotopic (exact) mass is 337 g/mol. The summed E-state index contributed by atoms with van der Waals surface area (Å²) in [4.78, 5) is 16.6. The van der Waals surface area contributed by atoms with Crippen molar-refractivity contribution >= 4 is 11.6 Å². The molecule has 6 heteroatoms. The molecule has 128 valence electrons. The zero-order chi connectivity index (χ0) is 17.6. The maximum absolute atomic E-state index is 12.5. The van der Waals surface area contributed by atoms with Crippen LogP contribution in [0.25, 0.3) is 11.5 Å². The summed E-state index contributed by atoms with van der Waals surface area (Å²) in [5.41, 5.74) is 1.95. The van der Waals surface area contributed by atoms with Crippen LogP contribution in [0.2, 0.25) is 0 Å². The van der Waals surface area contributed by atoms with Crippen molar-refractivity contribution in [2.24, 2.45) is 0 Å². The van der Waals surface area contributed by atoms with Gasteiger partial charge in [-0.3, -0.25) is 4.79 Å². The fourth-order valence-electron chi connectivity index (χ4n) is 2.28. The maximum atomic E-state index is 12.5. The lowest BCUT2D eigenvalue weighted by Crippen LogP contribution is -2.13. The molecule has 0 aliphatic carbocycles. The van der Waals surface area contributed by atoms with Crippen LogP contribution in [-0.4, -0.2) is 22.7 Å². The van der Waals surface area contributed by atoms with Crippen molar-refractivity contribution in [3.63, 3.8) is 0 Å². The molecule has 0 aliphatic heterocycles. The van der Waals surface area contributed by atoms with Gasteiger partial charge in [0, 0.05) is 11.1 Å². The first-order chi connectivity index (χ1) is 12.2. The third kappa shape index (κ3) is 4.03. The Morgan fingerprint density at radius 1 is 1.16 bits per heavy atom. The van der Waals surface area contributed by atoms with Crippen LogP contribution >= 0.6 is 0 Å². The molecule has 0 spiro atoms. The normalized spacial score (nSPS) is 10.5. The first-order valence-corrected chi connectivity index (χ1v) is 8.11. The number of aryl methyl sites for hydroxylation is 1. The minimum Gasteiger partial charge on any atom is -0.491 e. The summed E-state index contributed by atoms with van der Waals surface area (Å²) < 4.78 is 10.8. The molecular formula is C19H19N3O3. The van der Waals surface area contributed by atoms with E-state index in [1.54, 1.807) is 31.2 Å². The zero-order valence-electron chi connectivity index (χ0n) is 14.2. The van der Waals surface area contributed by atoms with Crippen molar-refractivity contribution in [3.8, 4) is 17.2 Å². The molecule has 0 fully saturated rings. The molecule has 1 amide bonds. The first kappa shape index (κ1) is 16.7. The summed E-state index contributed by atoms with van der Waals surface area (Å²) in [5.74, 6) is 1.46. The molecule has 0 saturated carbocycles. The molecule has 25 heavy (non-hydrogen) atoms. The van der Waals surface area contributed by atoms with Crippen LogP contribution in [0.5, 0.6) is 5.75 Å². The Morgan fingerprint density at radius 3 is 2.60 bits per heavy atom. The molecule has 0 saturated heterocycles. The number of aromatic nitrogens is 2. The lowest BCUT2D eigenvalue weighted by molar-refractivity contribution is 0.102. The number of carbonyl (C=O) groups excluding carboxylic acids is 1. The molecule has 0 radical (unpaired) electrons. The molecule has 1 N–H and O–H groups in total. The van der Waals surface area contributed by atoms with E-state index in [2.05, 4.69) is 15.5 Å². The van der Waals surface area contributed by atoms with E-state index in [0.717, 1.165) is 12.0 Å². The van der Waals surface area contributed by atoms with E-state index in [4.69, 9.17) is 9.26 Å². The van der Waals surface area contributed by atoms with Gasteiger partial charge in [-0.2, -0.15) is 4.98 Å². The number of hydrogen-bond acceptors (Lipinski definition) is 5. The number of benzene rings is 2. The molecule has 0 bridgehead atoms. The van der Waals surface area contributed by atoms with Gasteiger partial charge >= 0.3 is 0 Å². The minimum absolute atomic E-state index is 0.208. The summed E-state index contributed by atoms with van der Waals surface area (Å²) >= 11 is 0. The molecule has 6 nitrogen and oxygen atoms in total. The van der Waals surface area contributed by atoms with Crippen LogP contribution in [-0.2, 0) is 0 Å². The van der Waals surface area contributed by atoms with Gasteiger partial charge in [-0.05, 0) is 49.7 Å². The minimum atomic E-state index is -0.208. The van der Waals surface area contributed by atoms with Gasteiger partial charge in [0.1, 0.15) is 5.75 Å². The molecule has 0 unspecified atom stereocenters. The average molecular weight is 337 g/mol. The molecule has 3 rings (SSSR count). The number of anilines is 1. The van der Waals surface area contributed by atoms with Gasteiger partial charge in [0.05, 0.1) is 12.3 Å². The number of amides is 1. The lowest BCUT2D eigenvalue weighted by atomic mass is 10.1. The molecule has 1 aromatic heterocycles. The van der Waals surface area contributed by atoms with Gasteiger partial charge in [-0.25, -0.2) is 0 Å². The smallest absolute Gasteiger partial charge is 0.257 e. The summed E-state index contributed by atoms with van der Waals surface area (Å²) in [5, 5.41) is 6.64. The van der Waals surface area contributed by atoms with Gasteiger partial charge in [-0.15, -0.1) is 0 Å². The van der Waals surface area contributed by atoms with Crippen molar-refractivity contribution in [2.45, 2.75) is 20.3 Å². The molecule has 1 heterocycles. The number of ether oxygens (including phenoxy) is 1. The Balaban J connectivity index is 1.73. The van der Waals surface area contributed by atoms with Gasteiger partial charge < -0.3 is 14.6 Å². The van der Waals surface area contributed by atoms with E-state index in [-0.39, 0.29) is 5.91 Å². The number of para-hydroxylation sites is 2. The zero-order valence-corrected chi connectivity index (χ0v) is 14.2. The Morgan fingerprint density at radius 2 is 1.92 bits per heavy atom. The third-order valence-electron chi connectivity index (χ3n) is 3.52. The Bertz CT molecular complexity index is 856. The summed E-state index contributed by atoms with van der Waals surface area (Å²) in [6.07, 6.45) is 0.902. The number of nitrogens with zero attached hydrogens (tertiary/aromatic N) is 2. The average Bonchev–Trinajstić information content (AvgIpc) is 3.07. The second-order valence-corrected chi connectivity index (χ2v) is 5.52. The fraction of sp³-hybridized carbons (Fsp3) is 0.211. The maximum Gasteiger partial charge on any atom is 0.257 e. The SMILES string of the molecule is CCCOc1ccccc1NC(=O)c1ccc(-c2nc(C)no2)cc1. The highest BCUT2D eigenvalue weighted by Crippen LogP contribution is 2.25. The van der Waals surface area contributed by atoms with Gasteiger partial charge in [0.25, 0.3) is 11.8 Å². The predicted octanol–water partition coefficient (Wildman–Crippen LogP) is 4.09. The molecule has 0 aliphatic rings. The van der Waals surface area contributed by atoms with Gasteiger partial charge in [-0.1, -0.05) is 24.2 Å². The largest absolute Gasteiger partial charge is 0.491 e. The predicted molar refractivity (Wildman–Crippen MR) is 94.7 cm³/mol. The summed E-state index contributed by atoms with van der Waals surface area (Å²) in [6, 6.07) is 14.4. The third-order valence-corrected chi connectivity index (χ3v) is 3.52. The highest BCUT2D eigenvalue weighted by Gasteiger charge is 2.11. The van der Waals surface area contributed by atoms with Crippen molar-refractivity contribution in [3.05, 3.63) is 59.9 Å². The van der Waals surface area contributed by atoms with Gasteiger partial charge in [0.15, 0.2) is 5.82 Å². The standard InChI is InChI=1S/C19H19N3O3/c1-3-12-24-17-7-5-4-6-16(17)21-18(23)14-8-10-15(11-9-14)19-20-13(2)22-25-19/h4-11H,3,12H2,1-2H3,(H,21,23). The highest BCUT2D eigenvalue weighted by atomic mass is 16.5. The second-order valence-electron chi connectivity index (χ2n) is 5.52. The second kappa shape index (κ2) is 7.61. The van der Waals surface area contributed by atoms with Crippen LogP contribution < -0.4 is 10.1 Å². The van der Waals surface area contributed by atoms with Crippen LogP contribution in [0, 0.1) is 6.92 Å². The molecule has 2 aromatic carbocycles. The molecular weight excluding hydrogens is 318 g/mol. The van der Waals surface area contributed by atoms with Crippen LogP contribution in [0.1, 0.15) is 29.5 Å². The number of hydrogen-bond donors (Lipinski definition) is 1. The highest BCUT2D eigenvalue weighted by molar-refractivity contribution is 6.05. The number of nitrogens with one attached hydrogen (secondary N) is 1. The quantitative estimate of drug-likeness (QED) is 0.733. The van der Waals surface area contributed by atoms with Crippen molar-refractivity contribution < 1.29 is 14.1 Å². The van der Waals surface area contributed by atoms with E-state index in [1.807, 2.05) is 31.2 Å². The van der Waals surface area contributed by atoms with Crippen LogP contribution in [0.3, 0.4) is 0 Å². The van der Waals surface area contributed by atoms with Crippen molar-refractivity contribution in [1.82, 2.24) is 10.1 Å². The summed E-state index contributed by atoms with van der Waals surface area (Å²) in [7, 11) is 0. The van der Waals surface area contributed by atoms with E-state index in [0.29, 0.717) is 35.3 Å². The Labute approximate surface area is 145 Å². The van der Waals surface area contributed by atoms with E-state index in [9.17, 15) is 4.79 Å². The first-order valence-electron chi connectivity index (χ1n) is 8.11. The van der Waals surface area contributed by atoms with Crippen molar-refractivity contribution in [2.75, 3.05) is 11.9 Å². The number of rotatable bonds is 6. The summed E-state index contributed by atoms with van der Waals surface area (Å²) in [6.45, 7) is 4.39. The lowest BCUT2D eigenvalue weighted by Gasteiger charge is -2.12. The number of carbonyl (C=O) groups is 1. The topological polar surface area (TPSA) is 77.2 Å². The van der Waals surface area contributed by atoms with Crippen LogP contribution in [0.15, 0.2) is 53.1 Å². The fourth-order valence-corrected chi connectivity index (χ4v) is 2.28. The molecule has 0 atom stereocenters.